The van der Waals surface area contributed by atoms with Gasteiger partial charge in [-0.05, 0) is 40.5 Å². The van der Waals surface area contributed by atoms with Crippen LogP contribution in [0.1, 0.15) is 54.3 Å². The lowest BCUT2D eigenvalue weighted by atomic mass is 9.97. The Labute approximate surface area is 148 Å². The van der Waals surface area contributed by atoms with Crippen LogP contribution in [0.3, 0.4) is 0 Å². The van der Waals surface area contributed by atoms with Crippen LogP contribution in [0.4, 0.5) is 0 Å². The summed E-state index contributed by atoms with van der Waals surface area (Å²) in [5, 5.41) is 5.21. The molecule has 0 spiro atoms. The van der Waals surface area contributed by atoms with Gasteiger partial charge in [0.15, 0.2) is 0 Å². The minimum absolute atomic E-state index is 0.0343. The molecule has 4 heteroatoms. The van der Waals surface area contributed by atoms with Gasteiger partial charge in [-0.25, -0.2) is 0 Å². The number of carbonyl (C=O) groups excluding carboxylic acids is 1. The molecule has 1 aliphatic rings. The molecular formula is C20H26N2OS. The number of amides is 1. The molecule has 3 rings (SSSR count). The van der Waals surface area contributed by atoms with E-state index in [0.717, 1.165) is 19.5 Å². The van der Waals surface area contributed by atoms with Gasteiger partial charge in [0.05, 0.1) is 6.04 Å². The quantitative estimate of drug-likeness (QED) is 0.887. The second-order valence-electron chi connectivity index (χ2n) is 6.86. The molecule has 1 N–H and O–H groups in total. The normalized spacial score (nSPS) is 16.0. The Morgan fingerprint density at radius 3 is 2.58 bits per heavy atom. The van der Waals surface area contributed by atoms with Crippen molar-refractivity contribution in [1.29, 1.82) is 0 Å². The molecular weight excluding hydrogens is 316 g/mol. The fourth-order valence-corrected chi connectivity index (χ4v) is 4.23. The molecule has 0 saturated carbocycles. The van der Waals surface area contributed by atoms with E-state index in [-0.39, 0.29) is 11.9 Å². The monoisotopic (exact) mass is 342 g/mol. The largest absolute Gasteiger partial charge is 0.354 e. The van der Waals surface area contributed by atoms with Gasteiger partial charge >= 0.3 is 0 Å². The molecule has 0 unspecified atom stereocenters. The second-order valence-corrected chi connectivity index (χ2v) is 7.86. The molecule has 2 heterocycles. The molecule has 0 saturated heterocycles. The molecule has 1 atom stereocenters. The smallest absolute Gasteiger partial charge is 0.216 e. The Balaban J connectivity index is 1.82. The van der Waals surface area contributed by atoms with Crippen LogP contribution in [0.25, 0.3) is 0 Å². The molecule has 128 valence electrons. The SMILES string of the molecule is CC(=O)NC[C@H](c1ccc(C(C)C)cc1)N1CCc2sccc2C1. The van der Waals surface area contributed by atoms with Gasteiger partial charge in [0.2, 0.25) is 5.91 Å². The number of nitrogens with one attached hydrogen (secondary N) is 1. The lowest BCUT2D eigenvalue weighted by Gasteiger charge is -2.35. The van der Waals surface area contributed by atoms with Gasteiger partial charge in [-0.2, -0.15) is 0 Å². The molecule has 1 aliphatic heterocycles. The van der Waals surface area contributed by atoms with Crippen molar-refractivity contribution in [1.82, 2.24) is 10.2 Å². The van der Waals surface area contributed by atoms with E-state index in [4.69, 9.17) is 0 Å². The van der Waals surface area contributed by atoms with Crippen LogP contribution in [-0.4, -0.2) is 23.9 Å². The highest BCUT2D eigenvalue weighted by Gasteiger charge is 2.25. The minimum atomic E-state index is 0.0343. The van der Waals surface area contributed by atoms with Crippen molar-refractivity contribution in [2.75, 3.05) is 13.1 Å². The van der Waals surface area contributed by atoms with Crippen molar-refractivity contribution in [2.45, 2.75) is 45.7 Å². The summed E-state index contributed by atoms with van der Waals surface area (Å²) in [7, 11) is 0. The lowest BCUT2D eigenvalue weighted by molar-refractivity contribution is -0.119. The van der Waals surface area contributed by atoms with Crippen LogP contribution >= 0.6 is 11.3 Å². The molecule has 2 aromatic rings. The van der Waals surface area contributed by atoms with E-state index < -0.39 is 0 Å². The summed E-state index contributed by atoms with van der Waals surface area (Å²) in [4.78, 5) is 15.4. The third-order valence-corrected chi connectivity index (χ3v) is 5.83. The number of benzene rings is 1. The summed E-state index contributed by atoms with van der Waals surface area (Å²) in [6.45, 7) is 8.69. The van der Waals surface area contributed by atoms with E-state index in [9.17, 15) is 4.79 Å². The summed E-state index contributed by atoms with van der Waals surface area (Å²) in [5.41, 5.74) is 4.08. The average molecular weight is 343 g/mol. The first-order valence-electron chi connectivity index (χ1n) is 8.68. The molecule has 0 radical (unpaired) electrons. The van der Waals surface area contributed by atoms with E-state index in [0.29, 0.717) is 12.5 Å². The molecule has 0 fully saturated rings. The molecule has 1 aromatic heterocycles. The van der Waals surface area contributed by atoms with Gasteiger partial charge in [-0.3, -0.25) is 9.69 Å². The fraction of sp³-hybridized carbons (Fsp3) is 0.450. The highest BCUT2D eigenvalue weighted by atomic mass is 32.1. The van der Waals surface area contributed by atoms with E-state index in [1.165, 1.54) is 21.6 Å². The first-order valence-corrected chi connectivity index (χ1v) is 9.56. The van der Waals surface area contributed by atoms with E-state index in [1.54, 1.807) is 6.92 Å². The number of hydrogen-bond acceptors (Lipinski definition) is 3. The van der Waals surface area contributed by atoms with E-state index >= 15 is 0 Å². The first-order chi connectivity index (χ1) is 11.5. The maximum absolute atomic E-state index is 11.4. The summed E-state index contributed by atoms with van der Waals surface area (Å²) in [6, 6.07) is 11.4. The molecule has 3 nitrogen and oxygen atoms in total. The Morgan fingerprint density at radius 1 is 1.21 bits per heavy atom. The van der Waals surface area contributed by atoms with Crippen molar-refractivity contribution >= 4 is 17.2 Å². The fourth-order valence-electron chi connectivity index (χ4n) is 3.34. The molecule has 0 bridgehead atoms. The standard InChI is InChI=1S/C20H26N2OS/c1-14(2)16-4-6-17(7-5-16)19(12-21-15(3)23)22-10-8-20-18(13-22)9-11-24-20/h4-7,9,11,14,19H,8,10,12-13H2,1-3H3,(H,21,23)/t19-/m1/s1. The zero-order valence-electron chi connectivity index (χ0n) is 14.7. The third-order valence-electron chi connectivity index (χ3n) is 4.81. The van der Waals surface area contributed by atoms with Crippen LogP contribution in [0.2, 0.25) is 0 Å². The van der Waals surface area contributed by atoms with E-state index in [2.05, 4.69) is 59.8 Å². The van der Waals surface area contributed by atoms with Gasteiger partial charge in [0.1, 0.15) is 0 Å². The molecule has 1 amide bonds. The number of hydrogen-bond donors (Lipinski definition) is 1. The topological polar surface area (TPSA) is 32.3 Å². The number of carbonyl (C=O) groups is 1. The van der Waals surface area contributed by atoms with Gasteiger partial charge < -0.3 is 5.32 Å². The summed E-state index contributed by atoms with van der Waals surface area (Å²) in [6.07, 6.45) is 1.10. The van der Waals surface area contributed by atoms with Crippen molar-refractivity contribution in [2.24, 2.45) is 0 Å². The predicted molar refractivity (Wildman–Crippen MR) is 100 cm³/mol. The molecule has 1 aromatic carbocycles. The zero-order chi connectivity index (χ0) is 17.1. The maximum atomic E-state index is 11.4. The number of thiophene rings is 1. The van der Waals surface area contributed by atoms with Crippen LogP contribution in [0, 0.1) is 0 Å². The number of fused-ring (bicyclic) bond motifs is 1. The highest BCUT2D eigenvalue weighted by Crippen LogP contribution is 2.30. The number of nitrogens with zero attached hydrogens (tertiary/aromatic N) is 1. The van der Waals surface area contributed by atoms with E-state index in [1.807, 2.05) is 11.3 Å². The molecule has 0 aliphatic carbocycles. The second kappa shape index (κ2) is 7.49. The summed E-state index contributed by atoms with van der Waals surface area (Å²) < 4.78 is 0. The van der Waals surface area contributed by atoms with Gasteiger partial charge in [-0.1, -0.05) is 38.1 Å². The predicted octanol–water partition coefficient (Wildman–Crippen LogP) is 4.11. The third kappa shape index (κ3) is 3.87. The Morgan fingerprint density at radius 2 is 1.92 bits per heavy atom. The Bertz CT molecular complexity index is 690. The van der Waals surface area contributed by atoms with Gasteiger partial charge in [0.25, 0.3) is 0 Å². The lowest BCUT2D eigenvalue weighted by Crippen LogP contribution is -2.39. The Kier molecular flexibility index (Phi) is 5.36. The summed E-state index contributed by atoms with van der Waals surface area (Å²) in [5.74, 6) is 0.572. The van der Waals surface area contributed by atoms with Gasteiger partial charge in [-0.15, -0.1) is 11.3 Å². The van der Waals surface area contributed by atoms with Crippen LogP contribution in [-0.2, 0) is 17.8 Å². The maximum Gasteiger partial charge on any atom is 0.216 e. The average Bonchev–Trinajstić information content (AvgIpc) is 3.03. The highest BCUT2D eigenvalue weighted by molar-refractivity contribution is 7.10. The van der Waals surface area contributed by atoms with Crippen molar-refractivity contribution in [3.8, 4) is 0 Å². The Hall–Kier alpha value is -1.65. The van der Waals surface area contributed by atoms with Crippen molar-refractivity contribution in [3.05, 3.63) is 57.3 Å². The van der Waals surface area contributed by atoms with Crippen LogP contribution in [0.5, 0.6) is 0 Å². The number of rotatable bonds is 5. The van der Waals surface area contributed by atoms with Crippen molar-refractivity contribution in [3.63, 3.8) is 0 Å². The minimum Gasteiger partial charge on any atom is -0.354 e. The van der Waals surface area contributed by atoms with Gasteiger partial charge in [0, 0.05) is 31.4 Å². The first kappa shape index (κ1) is 17.2. The van der Waals surface area contributed by atoms with Crippen molar-refractivity contribution < 1.29 is 4.79 Å². The van der Waals surface area contributed by atoms with Crippen LogP contribution < -0.4 is 5.32 Å². The summed E-state index contributed by atoms with van der Waals surface area (Å²) >= 11 is 1.86. The zero-order valence-corrected chi connectivity index (χ0v) is 15.5. The molecule has 24 heavy (non-hydrogen) atoms. The van der Waals surface area contributed by atoms with Crippen LogP contribution in [0.15, 0.2) is 35.7 Å².